The van der Waals surface area contributed by atoms with Crippen LogP contribution < -0.4 is 11.3 Å². The number of nitriles is 1. The van der Waals surface area contributed by atoms with Gasteiger partial charge in [-0.25, -0.2) is 33.3 Å². The van der Waals surface area contributed by atoms with E-state index >= 15 is 0 Å². The fraction of sp³-hybridized carbons (Fsp3) is 0.176. The molecule has 0 aliphatic carbocycles. The second kappa shape index (κ2) is 11.0. The number of halogens is 2. The number of hydrogen-bond acceptors (Lipinski definition) is 7. The van der Waals surface area contributed by atoms with Crippen LogP contribution in [-0.4, -0.2) is 34.1 Å². The minimum Gasteiger partial charge on any atom is -0.388 e. The quantitative estimate of drug-likeness (QED) is 0.263. The minimum absolute atomic E-state index is 0.00947. The van der Waals surface area contributed by atoms with Crippen molar-refractivity contribution in [3.05, 3.63) is 122 Å². The first-order valence-electron chi connectivity index (χ1n) is 15.0. The third kappa shape index (κ3) is 4.82. The number of aromatic nitrogens is 7. The molecule has 0 saturated heterocycles. The highest BCUT2D eigenvalue weighted by Crippen LogP contribution is 2.39. The van der Waals surface area contributed by atoms with Crippen molar-refractivity contribution >= 4 is 22.1 Å². The summed E-state index contributed by atoms with van der Waals surface area (Å²) in [5.41, 5.74) is 4.49. The Labute approximate surface area is 263 Å². The van der Waals surface area contributed by atoms with E-state index in [9.17, 15) is 18.4 Å². The summed E-state index contributed by atoms with van der Waals surface area (Å²) >= 11 is 0. The average Bonchev–Trinajstić information content (AvgIpc) is 3.87. The van der Waals surface area contributed by atoms with Crippen molar-refractivity contribution in [3.8, 4) is 28.7 Å². The summed E-state index contributed by atoms with van der Waals surface area (Å²) in [5, 5.41) is 16.7. The Hall–Kier alpha value is -6.16. The van der Waals surface area contributed by atoms with E-state index in [1.54, 1.807) is 29.1 Å². The Morgan fingerprint density at radius 3 is 2.51 bits per heavy atom. The van der Waals surface area contributed by atoms with E-state index in [1.165, 1.54) is 24.3 Å². The molecule has 1 aliphatic heterocycles. The fourth-order valence-electron chi connectivity index (χ4n) is 6.42. The summed E-state index contributed by atoms with van der Waals surface area (Å²) in [4.78, 5) is 35.9. The van der Waals surface area contributed by atoms with Gasteiger partial charge in [0.25, 0.3) is 11.4 Å². The molecular formula is C34H24F2N8O3. The number of nitrogens with one attached hydrogen (secondary N) is 1. The molecule has 0 radical (unpaired) electrons. The van der Waals surface area contributed by atoms with Gasteiger partial charge in [-0.15, -0.1) is 5.10 Å². The zero-order valence-corrected chi connectivity index (χ0v) is 24.7. The molecule has 13 heteroatoms. The Bertz CT molecular complexity index is 2510. The number of H-pyrrole nitrogens is 1. The van der Waals surface area contributed by atoms with Crippen LogP contribution in [0.3, 0.4) is 0 Å². The average molecular weight is 631 g/mol. The summed E-state index contributed by atoms with van der Waals surface area (Å²) in [5.74, 6) is -1.68. The Morgan fingerprint density at radius 2 is 1.74 bits per heavy atom. The molecule has 0 fully saturated rings. The van der Waals surface area contributed by atoms with Gasteiger partial charge in [0.05, 0.1) is 22.2 Å². The second-order valence-electron chi connectivity index (χ2n) is 11.5. The zero-order valence-electron chi connectivity index (χ0n) is 24.7. The van der Waals surface area contributed by atoms with Gasteiger partial charge in [-0.05, 0) is 66.8 Å². The molecule has 47 heavy (non-hydrogen) atoms. The molecule has 232 valence electrons. The number of hydrogen-bond donors (Lipinski definition) is 1. The third-order valence-electron chi connectivity index (χ3n) is 8.59. The number of nitrogens with zero attached hydrogens (tertiary/aromatic N) is 7. The van der Waals surface area contributed by atoms with Crippen molar-refractivity contribution in [3.63, 3.8) is 0 Å². The van der Waals surface area contributed by atoms with Gasteiger partial charge in [0.1, 0.15) is 23.4 Å². The summed E-state index contributed by atoms with van der Waals surface area (Å²) < 4.78 is 38.8. The molecular weight excluding hydrogens is 606 g/mol. The summed E-state index contributed by atoms with van der Waals surface area (Å²) in [6.45, 7) is 1.49. The highest BCUT2D eigenvalue weighted by Gasteiger charge is 2.29. The van der Waals surface area contributed by atoms with E-state index in [0.29, 0.717) is 77.1 Å². The normalized spacial score (nSPS) is 12.6. The van der Waals surface area contributed by atoms with Gasteiger partial charge in [0.2, 0.25) is 0 Å². The molecule has 0 spiro atoms. The summed E-state index contributed by atoms with van der Waals surface area (Å²) in [6, 6.07) is 16.3. The fourth-order valence-corrected chi connectivity index (χ4v) is 6.42. The molecule has 0 saturated carbocycles. The Morgan fingerprint density at radius 1 is 0.936 bits per heavy atom. The van der Waals surface area contributed by atoms with Crippen LogP contribution >= 0.6 is 0 Å². The molecule has 0 bridgehead atoms. The van der Waals surface area contributed by atoms with Gasteiger partial charge in [0.15, 0.2) is 5.65 Å². The standard InChI is InChI=1S/C34H24F2N8O3/c35-24-7-3-19(4-8-24)5-9-26-28(32-40-41-34(46)47-32)27(29-31(39-26)43-11-1-12-44(43)33(29)45)23-15-21-10-13-42(30(21)38-17-23)18-20-2-6-22(16-37)25(36)14-20/h2-4,6-8,10,13-15,17H,1,5,9,11-12,18H2,(H,41,46). The van der Waals surface area contributed by atoms with Crippen LogP contribution in [0.4, 0.5) is 8.78 Å². The molecule has 1 N–H and O–H groups in total. The maximum Gasteiger partial charge on any atom is 0.434 e. The van der Waals surface area contributed by atoms with E-state index in [-0.39, 0.29) is 22.8 Å². The number of aryl methyl sites for hydroxylation is 3. The molecule has 5 aromatic heterocycles. The maximum atomic E-state index is 14.3. The minimum atomic E-state index is -0.753. The summed E-state index contributed by atoms with van der Waals surface area (Å²) in [7, 11) is 0. The highest BCUT2D eigenvalue weighted by atomic mass is 19.1. The number of fused-ring (bicyclic) bond motifs is 4. The predicted molar refractivity (Wildman–Crippen MR) is 167 cm³/mol. The van der Waals surface area contributed by atoms with E-state index in [2.05, 4.69) is 10.2 Å². The van der Waals surface area contributed by atoms with Crippen molar-refractivity contribution in [2.24, 2.45) is 0 Å². The van der Waals surface area contributed by atoms with Gasteiger partial charge in [-0.1, -0.05) is 18.2 Å². The second-order valence-corrected chi connectivity index (χ2v) is 11.5. The van der Waals surface area contributed by atoms with Crippen molar-refractivity contribution in [2.75, 3.05) is 0 Å². The van der Waals surface area contributed by atoms with Gasteiger partial charge in [0, 0.05) is 48.5 Å². The molecule has 11 nitrogen and oxygen atoms in total. The van der Waals surface area contributed by atoms with Gasteiger partial charge in [-0.3, -0.25) is 9.48 Å². The van der Waals surface area contributed by atoms with Gasteiger partial charge in [-0.2, -0.15) is 5.26 Å². The number of benzene rings is 2. The van der Waals surface area contributed by atoms with E-state index in [1.807, 2.05) is 33.6 Å². The lowest BCUT2D eigenvalue weighted by molar-refractivity contribution is 0.526. The molecule has 6 heterocycles. The van der Waals surface area contributed by atoms with Crippen molar-refractivity contribution in [2.45, 2.75) is 38.9 Å². The van der Waals surface area contributed by atoms with E-state index in [4.69, 9.17) is 19.6 Å². The molecule has 8 rings (SSSR count). The summed E-state index contributed by atoms with van der Waals surface area (Å²) in [6.07, 6.45) is 5.17. The lowest BCUT2D eigenvalue weighted by Crippen LogP contribution is -2.16. The number of aromatic amines is 1. The monoisotopic (exact) mass is 630 g/mol. The predicted octanol–water partition coefficient (Wildman–Crippen LogP) is 4.95. The topological polar surface area (TPSA) is 140 Å². The smallest absolute Gasteiger partial charge is 0.388 e. The third-order valence-corrected chi connectivity index (χ3v) is 8.59. The van der Waals surface area contributed by atoms with E-state index in [0.717, 1.165) is 17.4 Å². The molecule has 2 aromatic carbocycles. The van der Waals surface area contributed by atoms with Crippen molar-refractivity contribution < 1.29 is 13.2 Å². The first kappa shape index (κ1) is 28.3. The molecule has 1 aliphatic rings. The zero-order chi connectivity index (χ0) is 32.2. The Balaban J connectivity index is 1.31. The molecule has 0 atom stereocenters. The van der Waals surface area contributed by atoms with E-state index < -0.39 is 11.6 Å². The van der Waals surface area contributed by atoms with Gasteiger partial charge >= 0.3 is 5.76 Å². The number of rotatable bonds is 7. The first-order valence-corrected chi connectivity index (χ1v) is 15.0. The van der Waals surface area contributed by atoms with Gasteiger partial charge < -0.3 is 8.98 Å². The molecule has 0 unspecified atom stereocenters. The van der Waals surface area contributed by atoms with Crippen molar-refractivity contribution in [1.29, 1.82) is 5.26 Å². The Kier molecular flexibility index (Phi) is 6.64. The highest BCUT2D eigenvalue weighted by molar-refractivity contribution is 6.02. The number of pyridine rings is 2. The van der Waals surface area contributed by atoms with Crippen LogP contribution in [0.15, 0.2) is 81.0 Å². The van der Waals surface area contributed by atoms with Crippen LogP contribution in [0.25, 0.3) is 44.6 Å². The first-order chi connectivity index (χ1) is 22.9. The SMILES string of the molecule is N#Cc1ccc(Cn2ccc3cc(-c4c(-c5n[nH]c(=O)o5)c(CCc5ccc(F)cc5)nc5c4c(=O)n4n5CCC4)cnc32)cc1F. The van der Waals surface area contributed by atoms with Crippen LogP contribution in [0.5, 0.6) is 0 Å². The maximum absolute atomic E-state index is 14.3. The molecule has 0 amide bonds. The van der Waals surface area contributed by atoms with Crippen LogP contribution in [0.2, 0.25) is 0 Å². The lowest BCUT2D eigenvalue weighted by Gasteiger charge is -2.14. The van der Waals surface area contributed by atoms with Crippen LogP contribution in [-0.2, 0) is 32.5 Å². The largest absolute Gasteiger partial charge is 0.434 e. The molecule has 7 aromatic rings. The van der Waals surface area contributed by atoms with Crippen LogP contribution in [0, 0.1) is 23.0 Å². The van der Waals surface area contributed by atoms with Crippen LogP contribution in [0.1, 0.15) is 28.8 Å². The van der Waals surface area contributed by atoms with Crippen molar-refractivity contribution in [1.82, 2.24) is 34.1 Å². The lowest BCUT2D eigenvalue weighted by atomic mass is 9.94.